The fourth-order valence-electron chi connectivity index (χ4n) is 8.88. The van der Waals surface area contributed by atoms with Gasteiger partial charge in [0.2, 0.25) is 5.91 Å². The highest BCUT2D eigenvalue weighted by molar-refractivity contribution is 5.80. The van der Waals surface area contributed by atoms with Gasteiger partial charge < -0.3 is 25.7 Å². The Balaban J connectivity index is 3.62. The Morgan fingerprint density at radius 3 is 0.984 bits per heavy atom. The van der Waals surface area contributed by atoms with Crippen LogP contribution in [0, 0.1) is 0 Å². The predicted molar refractivity (Wildman–Crippen MR) is 265 cm³/mol. The van der Waals surface area contributed by atoms with Crippen molar-refractivity contribution in [2.75, 3.05) is 6.61 Å². The summed E-state index contributed by atoms with van der Waals surface area (Å²) in [5.74, 6) is -0.587. The van der Waals surface area contributed by atoms with Crippen LogP contribution < -0.4 is 5.32 Å². The van der Waals surface area contributed by atoms with Gasteiger partial charge in [-0.3, -0.25) is 4.79 Å². The van der Waals surface area contributed by atoms with Crippen LogP contribution in [0.15, 0.2) is 12.2 Å². The molecule has 0 rings (SSSR count). The monoisotopic (exact) mass is 864 g/mol. The lowest BCUT2D eigenvalue weighted by molar-refractivity contribution is -0.132. The molecule has 6 nitrogen and oxygen atoms in total. The number of amides is 1. The Morgan fingerprint density at radius 2 is 0.672 bits per heavy atom. The van der Waals surface area contributed by atoms with E-state index in [1.807, 2.05) is 0 Å². The molecule has 0 saturated heterocycles. The van der Waals surface area contributed by atoms with Crippen LogP contribution in [0.4, 0.5) is 0 Å². The number of aliphatic hydroxyl groups excluding tert-OH is 4. The van der Waals surface area contributed by atoms with Crippen LogP contribution in [0.5, 0.6) is 0 Å². The van der Waals surface area contributed by atoms with Gasteiger partial charge in [-0.25, -0.2) is 0 Å². The molecular weight excluding hydrogens is 755 g/mol. The molecule has 5 N–H and O–H groups in total. The van der Waals surface area contributed by atoms with Crippen LogP contribution >= 0.6 is 0 Å². The lowest BCUT2D eigenvalue weighted by Gasteiger charge is -2.27. The largest absolute Gasteiger partial charge is 0.394 e. The second kappa shape index (κ2) is 50.1. The first-order valence-corrected chi connectivity index (χ1v) is 27.6. The van der Waals surface area contributed by atoms with Gasteiger partial charge in [-0.1, -0.05) is 276 Å². The van der Waals surface area contributed by atoms with Crippen LogP contribution in [0.1, 0.15) is 303 Å². The summed E-state index contributed by atoms with van der Waals surface area (Å²) in [5, 5.41) is 43.9. The van der Waals surface area contributed by atoms with Gasteiger partial charge in [0.25, 0.3) is 0 Å². The van der Waals surface area contributed by atoms with Gasteiger partial charge in [-0.15, -0.1) is 0 Å². The molecule has 0 fully saturated rings. The van der Waals surface area contributed by atoms with Crippen molar-refractivity contribution in [1.82, 2.24) is 5.32 Å². The third kappa shape index (κ3) is 44.1. The molecule has 4 atom stereocenters. The molecule has 0 saturated carbocycles. The molecule has 4 unspecified atom stereocenters. The van der Waals surface area contributed by atoms with Crippen LogP contribution in [-0.4, -0.2) is 57.3 Å². The Kier molecular flexibility index (Phi) is 49.3. The molecule has 0 heterocycles. The minimum Gasteiger partial charge on any atom is -0.394 e. The zero-order valence-electron chi connectivity index (χ0n) is 41.2. The summed E-state index contributed by atoms with van der Waals surface area (Å²) < 4.78 is 0. The second-order valence-corrected chi connectivity index (χ2v) is 19.3. The van der Waals surface area contributed by atoms with Crippen molar-refractivity contribution < 1.29 is 25.2 Å². The predicted octanol–water partition coefficient (Wildman–Crippen LogP) is 15.7. The first-order chi connectivity index (χ1) is 30.0. The van der Waals surface area contributed by atoms with Crippen molar-refractivity contribution in [2.24, 2.45) is 0 Å². The summed E-state index contributed by atoms with van der Waals surface area (Å²) >= 11 is 0. The Bertz CT molecular complexity index is 882. The molecule has 0 aromatic rings. The SMILES string of the molecule is CCCCCCCCCCCCCCCC/C=C/CCCC(O)C(O)C(CO)NC(=O)C(O)CCCCCCCCCCCCCCCCCCCCCCCCCCCC. The minimum atomic E-state index is -1.28. The lowest BCUT2D eigenvalue weighted by atomic mass is 10.00. The van der Waals surface area contributed by atoms with Gasteiger partial charge in [0.1, 0.15) is 12.2 Å². The van der Waals surface area contributed by atoms with Crippen LogP contribution in [0.3, 0.4) is 0 Å². The molecule has 61 heavy (non-hydrogen) atoms. The van der Waals surface area contributed by atoms with Crippen molar-refractivity contribution in [3.63, 3.8) is 0 Å². The molecule has 0 aliphatic rings. The highest BCUT2D eigenvalue weighted by Gasteiger charge is 2.28. The lowest BCUT2D eigenvalue weighted by Crippen LogP contribution is -2.53. The Hall–Kier alpha value is -0.950. The maximum Gasteiger partial charge on any atom is 0.249 e. The number of carbonyl (C=O) groups is 1. The standard InChI is InChI=1S/C55H109NO5/c1-3-5-7-9-11-13-15-17-19-21-23-24-25-26-27-28-29-31-33-35-37-39-41-43-45-47-49-53(59)55(61)56-51(50-57)54(60)52(58)48-46-44-42-40-38-36-34-32-30-22-20-18-16-14-12-10-8-6-4-2/h40,42,51-54,57-60H,3-39,41,43-50H2,1-2H3,(H,56,61)/b42-40+. The molecule has 0 aliphatic carbocycles. The summed E-state index contributed by atoms with van der Waals surface area (Å²) in [7, 11) is 0. The average molecular weight is 864 g/mol. The van der Waals surface area contributed by atoms with Crippen molar-refractivity contribution in [1.29, 1.82) is 0 Å². The van der Waals surface area contributed by atoms with Gasteiger partial charge in [0.15, 0.2) is 0 Å². The van der Waals surface area contributed by atoms with Gasteiger partial charge >= 0.3 is 0 Å². The van der Waals surface area contributed by atoms with Crippen LogP contribution in [-0.2, 0) is 4.79 Å². The highest BCUT2D eigenvalue weighted by Crippen LogP contribution is 2.18. The number of hydrogen-bond acceptors (Lipinski definition) is 5. The fraction of sp³-hybridized carbons (Fsp3) is 0.945. The van der Waals surface area contributed by atoms with E-state index >= 15 is 0 Å². The topological polar surface area (TPSA) is 110 Å². The summed E-state index contributed by atoms with van der Waals surface area (Å²) in [6, 6.07) is -0.998. The maximum atomic E-state index is 12.6. The van der Waals surface area contributed by atoms with E-state index in [4.69, 9.17) is 0 Å². The van der Waals surface area contributed by atoms with E-state index in [0.29, 0.717) is 12.8 Å². The van der Waals surface area contributed by atoms with Crippen LogP contribution in [0.2, 0.25) is 0 Å². The maximum absolute atomic E-state index is 12.6. The molecule has 0 spiro atoms. The summed E-state index contributed by atoms with van der Waals surface area (Å²) in [6.45, 7) is 4.08. The van der Waals surface area contributed by atoms with Crippen LogP contribution in [0.25, 0.3) is 0 Å². The van der Waals surface area contributed by atoms with Crippen molar-refractivity contribution >= 4 is 5.91 Å². The van der Waals surface area contributed by atoms with Gasteiger partial charge in [0, 0.05) is 0 Å². The molecular formula is C55H109NO5. The van der Waals surface area contributed by atoms with E-state index in [1.165, 1.54) is 238 Å². The Labute approximate surface area is 381 Å². The van der Waals surface area contributed by atoms with Crippen molar-refractivity contribution in [3.8, 4) is 0 Å². The van der Waals surface area contributed by atoms with E-state index in [1.54, 1.807) is 0 Å². The molecule has 0 aliphatic heterocycles. The molecule has 0 bridgehead atoms. The van der Waals surface area contributed by atoms with E-state index < -0.39 is 36.9 Å². The quantitative estimate of drug-likeness (QED) is 0.0309. The van der Waals surface area contributed by atoms with E-state index in [0.717, 1.165) is 38.5 Å². The van der Waals surface area contributed by atoms with E-state index in [-0.39, 0.29) is 0 Å². The zero-order valence-corrected chi connectivity index (χ0v) is 41.2. The normalized spacial score (nSPS) is 13.9. The average Bonchev–Trinajstić information content (AvgIpc) is 3.26. The molecule has 0 aromatic carbocycles. The zero-order chi connectivity index (χ0) is 44.5. The molecule has 1 amide bonds. The van der Waals surface area contributed by atoms with Gasteiger partial charge in [-0.05, 0) is 38.5 Å². The fourth-order valence-corrected chi connectivity index (χ4v) is 8.88. The summed E-state index contributed by atoms with van der Waals surface area (Å²) in [6.07, 6.45) is 58.5. The number of rotatable bonds is 51. The van der Waals surface area contributed by atoms with Gasteiger partial charge in [0.05, 0.1) is 18.8 Å². The number of allylic oxidation sites excluding steroid dienone is 2. The molecule has 0 radical (unpaired) electrons. The third-order valence-electron chi connectivity index (χ3n) is 13.2. The summed E-state index contributed by atoms with van der Waals surface area (Å²) in [4.78, 5) is 12.6. The third-order valence-corrected chi connectivity index (χ3v) is 13.2. The minimum absolute atomic E-state index is 0.369. The molecule has 0 aromatic heterocycles. The first-order valence-electron chi connectivity index (χ1n) is 27.6. The Morgan fingerprint density at radius 1 is 0.393 bits per heavy atom. The second-order valence-electron chi connectivity index (χ2n) is 19.3. The molecule has 364 valence electrons. The number of unbranched alkanes of at least 4 members (excludes halogenated alkanes) is 40. The van der Waals surface area contributed by atoms with Crippen molar-refractivity contribution in [2.45, 2.75) is 327 Å². The number of hydrogen-bond donors (Lipinski definition) is 5. The summed E-state index contributed by atoms with van der Waals surface area (Å²) in [5.41, 5.74) is 0. The highest BCUT2D eigenvalue weighted by atomic mass is 16.3. The first kappa shape index (κ1) is 60.1. The van der Waals surface area contributed by atoms with E-state index in [9.17, 15) is 25.2 Å². The van der Waals surface area contributed by atoms with E-state index in [2.05, 4.69) is 31.3 Å². The number of aliphatic hydroxyl groups is 4. The smallest absolute Gasteiger partial charge is 0.249 e. The van der Waals surface area contributed by atoms with Crippen molar-refractivity contribution in [3.05, 3.63) is 12.2 Å². The number of carbonyl (C=O) groups excluding carboxylic acids is 1. The van der Waals surface area contributed by atoms with Gasteiger partial charge in [-0.2, -0.15) is 0 Å². The number of nitrogens with one attached hydrogen (secondary N) is 1. The molecule has 6 heteroatoms.